The minimum Gasteiger partial charge on any atom is -0.396 e. The zero-order chi connectivity index (χ0) is 21.7. The number of aromatic nitrogens is 2. The van der Waals surface area contributed by atoms with Gasteiger partial charge in [-0.05, 0) is 43.2 Å². The Bertz CT molecular complexity index is 1120. The highest BCUT2D eigenvalue weighted by molar-refractivity contribution is 6.30. The Hall–Kier alpha value is -2.96. The third-order valence-electron chi connectivity index (χ3n) is 4.83. The first-order valence-electron chi connectivity index (χ1n) is 9.78. The van der Waals surface area contributed by atoms with Crippen molar-refractivity contribution in [2.24, 2.45) is 0 Å². The summed E-state index contributed by atoms with van der Waals surface area (Å²) in [7, 11) is 0. The number of hydrogen-bond acceptors (Lipinski definition) is 4. The van der Waals surface area contributed by atoms with Crippen LogP contribution < -0.4 is 10.9 Å². The fourth-order valence-electron chi connectivity index (χ4n) is 3.31. The van der Waals surface area contributed by atoms with Crippen molar-refractivity contribution in [1.82, 2.24) is 9.55 Å². The summed E-state index contributed by atoms with van der Waals surface area (Å²) in [4.78, 5) is 30.5. The average Bonchev–Trinajstić information content (AvgIpc) is 2.73. The van der Waals surface area contributed by atoms with E-state index in [0.29, 0.717) is 33.4 Å². The van der Waals surface area contributed by atoms with Crippen LogP contribution in [0.1, 0.15) is 23.7 Å². The molecule has 1 amide bonds. The van der Waals surface area contributed by atoms with Crippen LogP contribution in [-0.4, -0.2) is 27.2 Å². The molecule has 6 nitrogen and oxygen atoms in total. The molecule has 0 saturated carbocycles. The standard InChI is InChI=1S/C23H24ClN3O3/c1-3-16-6-4-9-19(12-16)26-21(29)14-27-22(17-7-5-8-18(24)13-17)25-15(2)20(10-11-28)23(27)30/h4-9,12-13,28H,3,10-11,14H2,1-2H3,(H,26,29). The predicted molar refractivity (Wildman–Crippen MR) is 119 cm³/mol. The molecular weight excluding hydrogens is 402 g/mol. The smallest absolute Gasteiger partial charge is 0.257 e. The summed E-state index contributed by atoms with van der Waals surface area (Å²) in [6, 6.07) is 14.6. The number of nitrogens with one attached hydrogen (secondary N) is 1. The second-order valence-corrected chi connectivity index (χ2v) is 7.41. The first-order valence-corrected chi connectivity index (χ1v) is 10.2. The molecule has 0 saturated heterocycles. The number of carbonyl (C=O) groups excluding carboxylic acids is 1. The number of hydrogen-bond donors (Lipinski definition) is 2. The molecule has 0 aliphatic rings. The van der Waals surface area contributed by atoms with E-state index in [1.54, 1.807) is 31.2 Å². The highest BCUT2D eigenvalue weighted by atomic mass is 35.5. The van der Waals surface area contributed by atoms with E-state index in [9.17, 15) is 14.7 Å². The minimum atomic E-state index is -0.344. The van der Waals surface area contributed by atoms with Gasteiger partial charge in [0.15, 0.2) is 0 Å². The lowest BCUT2D eigenvalue weighted by atomic mass is 10.1. The van der Waals surface area contributed by atoms with Crippen molar-refractivity contribution in [2.45, 2.75) is 33.2 Å². The van der Waals surface area contributed by atoms with Gasteiger partial charge < -0.3 is 10.4 Å². The van der Waals surface area contributed by atoms with Gasteiger partial charge in [-0.2, -0.15) is 0 Å². The maximum Gasteiger partial charge on any atom is 0.257 e. The molecule has 2 aromatic carbocycles. The van der Waals surface area contributed by atoms with E-state index >= 15 is 0 Å². The Labute approximate surface area is 180 Å². The number of aryl methyl sites for hydroxylation is 2. The van der Waals surface area contributed by atoms with E-state index in [1.807, 2.05) is 31.2 Å². The van der Waals surface area contributed by atoms with E-state index < -0.39 is 0 Å². The van der Waals surface area contributed by atoms with Crippen molar-refractivity contribution >= 4 is 23.2 Å². The molecule has 1 heterocycles. The first-order chi connectivity index (χ1) is 14.4. The number of anilines is 1. The lowest BCUT2D eigenvalue weighted by Gasteiger charge is -2.16. The Morgan fingerprint density at radius 1 is 1.20 bits per heavy atom. The van der Waals surface area contributed by atoms with Crippen LogP contribution in [0.15, 0.2) is 53.3 Å². The molecule has 3 rings (SSSR count). The number of aliphatic hydroxyl groups is 1. The Morgan fingerprint density at radius 3 is 2.67 bits per heavy atom. The number of carbonyl (C=O) groups is 1. The maximum atomic E-state index is 13.1. The number of amides is 1. The van der Waals surface area contributed by atoms with E-state index in [4.69, 9.17) is 11.6 Å². The molecule has 0 atom stereocenters. The average molecular weight is 426 g/mol. The second-order valence-electron chi connectivity index (χ2n) is 6.98. The lowest BCUT2D eigenvalue weighted by Crippen LogP contribution is -2.33. The fraction of sp³-hybridized carbons (Fsp3) is 0.261. The van der Waals surface area contributed by atoms with E-state index in [0.717, 1.165) is 12.0 Å². The van der Waals surface area contributed by atoms with Crippen molar-refractivity contribution in [3.8, 4) is 11.4 Å². The number of aliphatic hydroxyl groups excluding tert-OH is 1. The number of benzene rings is 2. The molecule has 1 aromatic heterocycles. The molecular formula is C23H24ClN3O3. The summed E-state index contributed by atoms with van der Waals surface area (Å²) in [6.45, 7) is 3.38. The highest BCUT2D eigenvalue weighted by Crippen LogP contribution is 2.21. The van der Waals surface area contributed by atoms with Gasteiger partial charge in [-0.15, -0.1) is 0 Å². The zero-order valence-corrected chi connectivity index (χ0v) is 17.7. The largest absolute Gasteiger partial charge is 0.396 e. The van der Waals surface area contributed by atoms with Gasteiger partial charge in [0.1, 0.15) is 12.4 Å². The van der Waals surface area contributed by atoms with Gasteiger partial charge in [0.2, 0.25) is 5.91 Å². The molecule has 0 bridgehead atoms. The summed E-state index contributed by atoms with van der Waals surface area (Å²) in [5.41, 5.74) is 2.99. The fourth-order valence-corrected chi connectivity index (χ4v) is 3.50. The molecule has 7 heteroatoms. The molecule has 3 aromatic rings. The molecule has 0 fully saturated rings. The van der Waals surface area contributed by atoms with Crippen molar-refractivity contribution in [2.75, 3.05) is 11.9 Å². The van der Waals surface area contributed by atoms with Gasteiger partial charge in [0.25, 0.3) is 5.56 Å². The van der Waals surface area contributed by atoms with Gasteiger partial charge in [-0.25, -0.2) is 4.98 Å². The van der Waals surface area contributed by atoms with Gasteiger partial charge >= 0.3 is 0 Å². The van der Waals surface area contributed by atoms with E-state index in [2.05, 4.69) is 10.3 Å². The molecule has 0 spiro atoms. The van der Waals surface area contributed by atoms with Crippen LogP contribution >= 0.6 is 11.6 Å². The number of rotatable bonds is 7. The third kappa shape index (κ3) is 4.96. The van der Waals surface area contributed by atoms with Gasteiger partial charge in [-0.3, -0.25) is 14.2 Å². The highest BCUT2D eigenvalue weighted by Gasteiger charge is 2.18. The van der Waals surface area contributed by atoms with Crippen LogP contribution in [0.3, 0.4) is 0 Å². The molecule has 2 N–H and O–H groups in total. The predicted octanol–water partition coefficient (Wildman–Crippen LogP) is 3.61. The maximum absolute atomic E-state index is 13.1. The van der Waals surface area contributed by atoms with Crippen LogP contribution in [0.2, 0.25) is 5.02 Å². The van der Waals surface area contributed by atoms with Gasteiger partial charge in [0.05, 0.1) is 0 Å². The lowest BCUT2D eigenvalue weighted by molar-refractivity contribution is -0.116. The zero-order valence-electron chi connectivity index (χ0n) is 17.0. The Kier molecular flexibility index (Phi) is 7.03. The van der Waals surface area contributed by atoms with E-state index in [-0.39, 0.29) is 31.0 Å². The normalized spacial score (nSPS) is 10.8. The van der Waals surface area contributed by atoms with Crippen molar-refractivity contribution in [1.29, 1.82) is 0 Å². The summed E-state index contributed by atoms with van der Waals surface area (Å²) < 4.78 is 1.34. The Morgan fingerprint density at radius 2 is 1.97 bits per heavy atom. The summed E-state index contributed by atoms with van der Waals surface area (Å²) >= 11 is 6.12. The minimum absolute atomic E-state index is 0.174. The number of nitrogens with zero attached hydrogens (tertiary/aromatic N) is 2. The topological polar surface area (TPSA) is 84.2 Å². The molecule has 0 unspecified atom stereocenters. The van der Waals surface area contributed by atoms with Crippen LogP contribution in [0, 0.1) is 6.92 Å². The van der Waals surface area contributed by atoms with Crippen LogP contribution in [-0.2, 0) is 24.2 Å². The Balaban J connectivity index is 2.01. The van der Waals surface area contributed by atoms with Crippen LogP contribution in [0.4, 0.5) is 5.69 Å². The molecule has 0 aliphatic carbocycles. The van der Waals surface area contributed by atoms with Crippen molar-refractivity contribution in [3.63, 3.8) is 0 Å². The molecule has 0 radical (unpaired) electrons. The van der Waals surface area contributed by atoms with Crippen LogP contribution in [0.25, 0.3) is 11.4 Å². The number of halogens is 1. The summed E-state index contributed by atoms with van der Waals surface area (Å²) in [6.07, 6.45) is 1.03. The van der Waals surface area contributed by atoms with E-state index in [1.165, 1.54) is 4.57 Å². The molecule has 30 heavy (non-hydrogen) atoms. The van der Waals surface area contributed by atoms with Gasteiger partial charge in [-0.1, -0.05) is 42.8 Å². The van der Waals surface area contributed by atoms with Gasteiger partial charge in [0, 0.05) is 40.6 Å². The molecule has 0 aliphatic heterocycles. The van der Waals surface area contributed by atoms with Crippen molar-refractivity contribution < 1.29 is 9.90 Å². The SMILES string of the molecule is CCc1cccc(NC(=O)Cn2c(-c3cccc(Cl)c3)nc(C)c(CCO)c2=O)c1. The third-order valence-corrected chi connectivity index (χ3v) is 5.07. The van der Waals surface area contributed by atoms with Crippen LogP contribution in [0.5, 0.6) is 0 Å². The quantitative estimate of drug-likeness (QED) is 0.605. The monoisotopic (exact) mass is 425 g/mol. The summed E-state index contributed by atoms with van der Waals surface area (Å²) in [5.74, 6) is 0.0216. The summed E-state index contributed by atoms with van der Waals surface area (Å²) in [5, 5.41) is 12.7. The van der Waals surface area contributed by atoms with Crippen molar-refractivity contribution in [3.05, 3.63) is 80.7 Å². The second kappa shape index (κ2) is 9.69. The first kappa shape index (κ1) is 21.7. The molecule has 156 valence electrons.